The molecule has 0 saturated carbocycles. The fourth-order valence-corrected chi connectivity index (χ4v) is 2.52. The van der Waals surface area contributed by atoms with Gasteiger partial charge in [-0.3, -0.25) is 19.6 Å². The van der Waals surface area contributed by atoms with Gasteiger partial charge in [0.25, 0.3) is 11.8 Å². The first kappa shape index (κ1) is 22.8. The smallest absolute Gasteiger partial charge is 0.268 e. The molecule has 8 heteroatoms. The maximum absolute atomic E-state index is 12.3. The minimum atomic E-state index is -1.29. The quantitative estimate of drug-likeness (QED) is 0.326. The number of carbonyl (C=O) groups excluding carboxylic acids is 3. The lowest BCUT2D eigenvalue weighted by atomic mass is 10.0. The Labute approximate surface area is 163 Å². The Bertz CT molecular complexity index is 833. The van der Waals surface area contributed by atoms with Gasteiger partial charge in [0.05, 0.1) is 18.8 Å². The molecule has 8 nitrogen and oxygen atoms in total. The molecule has 0 spiro atoms. The van der Waals surface area contributed by atoms with E-state index < -0.39 is 24.0 Å². The summed E-state index contributed by atoms with van der Waals surface area (Å²) < 4.78 is 5.11. The molecule has 0 unspecified atom stereocenters. The molecule has 0 aliphatic carbocycles. The minimum absolute atomic E-state index is 0. The van der Waals surface area contributed by atoms with Crippen LogP contribution >= 0.6 is 0 Å². The van der Waals surface area contributed by atoms with Crippen LogP contribution in [0.25, 0.3) is 11.1 Å². The van der Waals surface area contributed by atoms with Gasteiger partial charge in [-0.1, -0.05) is 25.6 Å². The predicted octanol–water partition coefficient (Wildman–Crippen LogP) is 1.80. The van der Waals surface area contributed by atoms with Crippen LogP contribution < -0.4 is 15.5 Å². The molecule has 0 aromatic heterocycles. The number of carbonyl (C=O) groups is 3. The Morgan fingerprint density at radius 2 is 1.71 bits per heavy atom. The van der Waals surface area contributed by atoms with Crippen LogP contribution in [0.4, 0.5) is 0 Å². The number of rotatable bonds is 7. The van der Waals surface area contributed by atoms with Gasteiger partial charge in [-0.2, -0.15) is 0 Å². The van der Waals surface area contributed by atoms with Gasteiger partial charge in [-0.25, -0.2) is 5.48 Å². The minimum Gasteiger partial charge on any atom is -0.496 e. The second-order valence-electron chi connectivity index (χ2n) is 5.82. The molecule has 0 saturated heterocycles. The molecule has 0 aliphatic heterocycles. The number of hydroxylamine groups is 1. The van der Waals surface area contributed by atoms with Gasteiger partial charge in [-0.15, -0.1) is 0 Å². The molecular weight excluding hydrogens is 364 g/mol. The lowest BCUT2D eigenvalue weighted by Crippen LogP contribution is -2.51. The Balaban J connectivity index is 0.00000392. The molecule has 2 amide bonds. The average molecular weight is 388 g/mol. The molecule has 2 atom stereocenters. The number of nitrogens with one attached hydrogen (secondary N) is 2. The summed E-state index contributed by atoms with van der Waals surface area (Å²) in [5.74, 6) is -1.04. The summed E-state index contributed by atoms with van der Waals surface area (Å²) in [5.41, 5.74) is 3.62. The van der Waals surface area contributed by atoms with Crippen molar-refractivity contribution in [2.45, 2.75) is 26.5 Å². The van der Waals surface area contributed by atoms with Crippen LogP contribution in [-0.4, -0.2) is 47.7 Å². The molecule has 0 heterocycles. The molecule has 2 aromatic rings. The molecule has 28 heavy (non-hydrogen) atoms. The van der Waals surface area contributed by atoms with E-state index in [1.807, 2.05) is 0 Å². The van der Waals surface area contributed by atoms with Gasteiger partial charge in [0, 0.05) is 5.56 Å². The van der Waals surface area contributed by atoms with Crippen molar-refractivity contribution in [3.05, 3.63) is 53.6 Å². The van der Waals surface area contributed by atoms with Crippen molar-refractivity contribution in [1.29, 1.82) is 0 Å². The number of ether oxygens (including phenoxy) is 1. The van der Waals surface area contributed by atoms with E-state index in [2.05, 4.69) is 5.32 Å². The number of aliphatic hydroxyl groups excluding tert-OH is 1. The van der Waals surface area contributed by atoms with Gasteiger partial charge in [0.15, 0.2) is 6.29 Å². The van der Waals surface area contributed by atoms with Crippen LogP contribution in [0.3, 0.4) is 0 Å². The highest BCUT2D eigenvalue weighted by atomic mass is 16.5. The van der Waals surface area contributed by atoms with E-state index in [9.17, 15) is 19.5 Å². The molecule has 150 valence electrons. The number of hydrogen-bond acceptors (Lipinski definition) is 6. The second-order valence-corrected chi connectivity index (χ2v) is 5.82. The van der Waals surface area contributed by atoms with Crippen LogP contribution in [0.2, 0.25) is 0 Å². The zero-order valence-corrected chi connectivity index (χ0v) is 14.8. The molecule has 0 aliphatic rings. The number of hydrogen-bond donors (Lipinski definition) is 4. The molecule has 2 aromatic carbocycles. The van der Waals surface area contributed by atoms with Crippen molar-refractivity contribution < 1.29 is 29.4 Å². The van der Waals surface area contributed by atoms with Gasteiger partial charge in [-0.05, 0) is 42.3 Å². The van der Waals surface area contributed by atoms with E-state index in [0.29, 0.717) is 17.6 Å². The topological polar surface area (TPSA) is 125 Å². The van der Waals surface area contributed by atoms with Crippen molar-refractivity contribution in [1.82, 2.24) is 10.8 Å². The molecule has 0 bridgehead atoms. The monoisotopic (exact) mass is 388 g/mol. The van der Waals surface area contributed by atoms with Gasteiger partial charge in [0.1, 0.15) is 11.8 Å². The SMILES string of the molecule is C.COc1ccc(-c2ccc(C(=O)N[C@H](C(=O)NO)[C@@H](C)O)cc2)cc1C=O. The molecule has 0 fully saturated rings. The van der Waals surface area contributed by atoms with Gasteiger partial charge in [0.2, 0.25) is 0 Å². The highest BCUT2D eigenvalue weighted by molar-refractivity contribution is 5.98. The third-order valence-corrected chi connectivity index (χ3v) is 4.00. The largest absolute Gasteiger partial charge is 0.496 e. The second kappa shape index (κ2) is 10.2. The van der Waals surface area contributed by atoms with Crippen LogP contribution in [0.5, 0.6) is 5.75 Å². The van der Waals surface area contributed by atoms with Crippen molar-refractivity contribution in [3.63, 3.8) is 0 Å². The van der Waals surface area contributed by atoms with E-state index >= 15 is 0 Å². The van der Waals surface area contributed by atoms with Crippen LogP contribution in [0.1, 0.15) is 35.1 Å². The number of aldehydes is 1. The predicted molar refractivity (Wildman–Crippen MR) is 103 cm³/mol. The number of amides is 2. The van der Waals surface area contributed by atoms with E-state index in [1.54, 1.807) is 42.5 Å². The number of aliphatic hydroxyl groups is 1. The van der Waals surface area contributed by atoms with Crippen molar-refractivity contribution in [2.24, 2.45) is 0 Å². The van der Waals surface area contributed by atoms with E-state index in [1.165, 1.54) is 19.5 Å². The van der Waals surface area contributed by atoms with E-state index in [-0.39, 0.29) is 13.0 Å². The summed E-state index contributed by atoms with van der Waals surface area (Å²) in [6, 6.07) is 10.3. The van der Waals surface area contributed by atoms with Crippen molar-refractivity contribution >= 4 is 18.1 Å². The maximum atomic E-state index is 12.3. The summed E-state index contributed by atoms with van der Waals surface area (Å²) in [7, 11) is 1.48. The van der Waals surface area contributed by atoms with Crippen LogP contribution in [0.15, 0.2) is 42.5 Å². The molecule has 0 radical (unpaired) electrons. The highest BCUT2D eigenvalue weighted by Gasteiger charge is 2.25. The first-order valence-corrected chi connectivity index (χ1v) is 8.07. The Morgan fingerprint density at radius 3 is 2.21 bits per heavy atom. The standard InChI is InChI=1S/C19H20N2O6.CH4/c1-11(23)17(19(25)21-26)20-18(24)13-5-3-12(4-6-13)14-7-8-16(27-2)15(9-14)10-22;/h3-11,17,23,26H,1-2H3,(H,20,24)(H,21,25);1H4/t11-,17+;/m1./s1. The summed E-state index contributed by atoms with van der Waals surface area (Å²) in [6.07, 6.45) is -0.492. The molecular formula is C20H24N2O6. The Morgan fingerprint density at radius 1 is 1.11 bits per heavy atom. The Hall–Kier alpha value is -3.23. The third-order valence-electron chi connectivity index (χ3n) is 4.00. The summed E-state index contributed by atoms with van der Waals surface area (Å²) in [6.45, 7) is 1.32. The van der Waals surface area contributed by atoms with Crippen molar-refractivity contribution in [2.75, 3.05) is 7.11 Å². The van der Waals surface area contributed by atoms with Crippen molar-refractivity contribution in [3.8, 4) is 16.9 Å². The molecule has 2 rings (SSSR count). The average Bonchev–Trinajstić information content (AvgIpc) is 2.70. The zero-order valence-electron chi connectivity index (χ0n) is 14.8. The zero-order chi connectivity index (χ0) is 20.0. The summed E-state index contributed by atoms with van der Waals surface area (Å²) >= 11 is 0. The van der Waals surface area contributed by atoms with Gasteiger partial charge >= 0.3 is 0 Å². The summed E-state index contributed by atoms with van der Waals surface area (Å²) in [5, 5.41) is 20.6. The number of methoxy groups -OCH3 is 1. The first-order valence-electron chi connectivity index (χ1n) is 8.07. The Kier molecular flexibility index (Phi) is 8.30. The normalized spacial score (nSPS) is 12.1. The van der Waals surface area contributed by atoms with E-state index in [0.717, 1.165) is 11.1 Å². The molecule has 4 N–H and O–H groups in total. The van der Waals surface area contributed by atoms with E-state index in [4.69, 9.17) is 9.94 Å². The third kappa shape index (κ3) is 5.15. The highest BCUT2D eigenvalue weighted by Crippen LogP contribution is 2.26. The fourth-order valence-electron chi connectivity index (χ4n) is 2.52. The first-order chi connectivity index (χ1) is 12.9. The number of benzene rings is 2. The lowest BCUT2D eigenvalue weighted by molar-refractivity contribution is -0.133. The fraction of sp³-hybridized carbons (Fsp3) is 0.250. The van der Waals surface area contributed by atoms with Crippen LogP contribution in [-0.2, 0) is 4.79 Å². The van der Waals surface area contributed by atoms with Gasteiger partial charge < -0.3 is 15.2 Å². The summed E-state index contributed by atoms with van der Waals surface area (Å²) in [4.78, 5) is 34.9. The maximum Gasteiger partial charge on any atom is 0.268 e. The lowest BCUT2D eigenvalue weighted by Gasteiger charge is -2.19. The van der Waals surface area contributed by atoms with Crippen LogP contribution in [0, 0.1) is 0 Å².